The van der Waals surface area contributed by atoms with Gasteiger partial charge in [-0.2, -0.15) is 0 Å². The molecule has 2 rings (SSSR count). The standard InChI is InChI=1S/C13H12N2O3/c1-3-8-14-9-12(16)15(13(14)17)10-6-4-5-7-11(10)18-2/h1,4-7H,8-9H2,2H3. The van der Waals surface area contributed by atoms with Gasteiger partial charge in [-0.05, 0) is 12.1 Å². The summed E-state index contributed by atoms with van der Waals surface area (Å²) in [6.45, 7) is 0.122. The number of para-hydroxylation sites is 2. The lowest BCUT2D eigenvalue weighted by atomic mass is 10.2. The first-order chi connectivity index (χ1) is 8.69. The summed E-state index contributed by atoms with van der Waals surface area (Å²) in [5.74, 6) is 2.52. The zero-order valence-electron chi connectivity index (χ0n) is 9.92. The van der Waals surface area contributed by atoms with Crippen molar-refractivity contribution in [3.63, 3.8) is 0 Å². The highest BCUT2D eigenvalue weighted by atomic mass is 16.5. The molecule has 18 heavy (non-hydrogen) atoms. The monoisotopic (exact) mass is 244 g/mol. The number of ether oxygens (including phenoxy) is 1. The molecule has 5 heteroatoms. The van der Waals surface area contributed by atoms with Crippen LogP contribution in [0.1, 0.15) is 0 Å². The van der Waals surface area contributed by atoms with Crippen molar-refractivity contribution >= 4 is 17.6 Å². The van der Waals surface area contributed by atoms with E-state index in [0.29, 0.717) is 11.4 Å². The number of rotatable bonds is 3. The van der Waals surface area contributed by atoms with Crippen LogP contribution in [0.4, 0.5) is 10.5 Å². The molecule has 1 aliphatic heterocycles. The minimum absolute atomic E-state index is 0.00107. The number of anilines is 1. The lowest BCUT2D eigenvalue weighted by molar-refractivity contribution is -0.116. The Bertz CT molecular complexity index is 533. The highest BCUT2D eigenvalue weighted by Crippen LogP contribution is 2.30. The first kappa shape index (κ1) is 12.0. The minimum atomic E-state index is -0.414. The fraction of sp³-hybridized carbons (Fsp3) is 0.231. The van der Waals surface area contributed by atoms with Crippen LogP contribution in [0.2, 0.25) is 0 Å². The number of imide groups is 1. The van der Waals surface area contributed by atoms with Gasteiger partial charge in [0.15, 0.2) is 0 Å². The molecular weight excluding hydrogens is 232 g/mol. The largest absolute Gasteiger partial charge is 0.495 e. The third-order valence-electron chi connectivity index (χ3n) is 2.65. The number of terminal acetylenes is 1. The van der Waals surface area contributed by atoms with Gasteiger partial charge in [-0.1, -0.05) is 18.1 Å². The zero-order chi connectivity index (χ0) is 13.1. The molecule has 0 atom stereocenters. The summed E-state index contributed by atoms with van der Waals surface area (Å²) in [5.41, 5.74) is 0.439. The number of benzene rings is 1. The van der Waals surface area contributed by atoms with Crippen LogP contribution in [0.3, 0.4) is 0 Å². The number of carbonyl (C=O) groups excluding carboxylic acids is 2. The van der Waals surface area contributed by atoms with E-state index in [4.69, 9.17) is 11.2 Å². The van der Waals surface area contributed by atoms with Gasteiger partial charge < -0.3 is 9.64 Å². The molecule has 0 aromatic heterocycles. The molecule has 1 aromatic carbocycles. The number of hydrogen-bond acceptors (Lipinski definition) is 3. The molecule has 0 aliphatic carbocycles. The Balaban J connectivity index is 2.36. The third kappa shape index (κ3) is 1.89. The van der Waals surface area contributed by atoms with Gasteiger partial charge in [0.05, 0.1) is 19.3 Å². The molecule has 0 N–H and O–H groups in total. The molecule has 0 saturated carbocycles. The Morgan fingerprint density at radius 3 is 2.78 bits per heavy atom. The Morgan fingerprint density at radius 1 is 1.39 bits per heavy atom. The summed E-state index contributed by atoms with van der Waals surface area (Å²) in [7, 11) is 1.49. The SMILES string of the molecule is C#CCN1CC(=O)N(c2ccccc2OC)C1=O. The number of hydrogen-bond donors (Lipinski definition) is 0. The van der Waals surface area contributed by atoms with Gasteiger partial charge in [0.25, 0.3) is 5.91 Å². The maximum absolute atomic E-state index is 12.1. The molecule has 0 radical (unpaired) electrons. The Hall–Kier alpha value is -2.48. The number of carbonyl (C=O) groups is 2. The van der Waals surface area contributed by atoms with Crippen molar-refractivity contribution in [1.29, 1.82) is 0 Å². The summed E-state index contributed by atoms with van der Waals surface area (Å²) in [5, 5.41) is 0. The average Bonchev–Trinajstić information content (AvgIpc) is 2.65. The van der Waals surface area contributed by atoms with E-state index in [1.54, 1.807) is 24.3 Å². The van der Waals surface area contributed by atoms with Crippen molar-refractivity contribution in [3.05, 3.63) is 24.3 Å². The molecule has 1 fully saturated rings. The van der Waals surface area contributed by atoms with Gasteiger partial charge in [0.2, 0.25) is 0 Å². The maximum Gasteiger partial charge on any atom is 0.332 e. The maximum atomic E-state index is 12.1. The van der Waals surface area contributed by atoms with Crippen LogP contribution in [0.5, 0.6) is 5.75 Å². The Kier molecular flexibility index (Phi) is 3.20. The quantitative estimate of drug-likeness (QED) is 0.591. The molecule has 0 unspecified atom stereocenters. The molecule has 0 spiro atoms. The summed E-state index contributed by atoms with van der Waals surface area (Å²) < 4.78 is 5.14. The van der Waals surface area contributed by atoms with Crippen LogP contribution in [0.25, 0.3) is 0 Å². The van der Waals surface area contributed by atoms with Gasteiger partial charge in [0, 0.05) is 0 Å². The fourth-order valence-electron chi connectivity index (χ4n) is 1.84. The van der Waals surface area contributed by atoms with Gasteiger partial charge in [-0.25, -0.2) is 9.69 Å². The van der Waals surface area contributed by atoms with Crippen LogP contribution < -0.4 is 9.64 Å². The van der Waals surface area contributed by atoms with Crippen molar-refractivity contribution in [2.75, 3.05) is 25.1 Å². The van der Waals surface area contributed by atoms with Crippen LogP contribution >= 0.6 is 0 Å². The predicted octanol–water partition coefficient (Wildman–Crippen LogP) is 1.10. The van der Waals surface area contributed by atoms with Crippen LogP contribution in [-0.4, -0.2) is 37.0 Å². The van der Waals surface area contributed by atoms with Gasteiger partial charge in [0.1, 0.15) is 12.3 Å². The predicted molar refractivity (Wildman–Crippen MR) is 66.3 cm³/mol. The van der Waals surface area contributed by atoms with E-state index in [1.807, 2.05) is 0 Å². The van der Waals surface area contributed by atoms with Crippen LogP contribution in [0.15, 0.2) is 24.3 Å². The van der Waals surface area contributed by atoms with E-state index in [9.17, 15) is 9.59 Å². The highest BCUT2D eigenvalue weighted by molar-refractivity contribution is 6.20. The van der Waals surface area contributed by atoms with Crippen molar-refractivity contribution in [2.24, 2.45) is 0 Å². The van der Waals surface area contributed by atoms with E-state index in [2.05, 4.69) is 5.92 Å². The molecule has 1 aliphatic rings. The molecule has 1 aromatic rings. The third-order valence-corrected chi connectivity index (χ3v) is 2.65. The molecule has 1 heterocycles. The second-order valence-corrected chi connectivity index (χ2v) is 3.74. The molecule has 3 amide bonds. The lowest BCUT2D eigenvalue weighted by Gasteiger charge is -2.17. The molecule has 1 saturated heterocycles. The number of urea groups is 1. The zero-order valence-corrected chi connectivity index (χ0v) is 9.92. The first-order valence-corrected chi connectivity index (χ1v) is 5.37. The minimum Gasteiger partial charge on any atom is -0.495 e. The van der Waals surface area contributed by atoms with E-state index in [1.165, 1.54) is 12.0 Å². The molecule has 92 valence electrons. The number of amides is 3. The molecular formula is C13H12N2O3. The van der Waals surface area contributed by atoms with Gasteiger partial charge >= 0.3 is 6.03 Å². The number of methoxy groups -OCH3 is 1. The van der Waals surface area contributed by atoms with Crippen molar-refractivity contribution in [1.82, 2.24) is 4.90 Å². The number of nitrogens with zero attached hydrogens (tertiary/aromatic N) is 2. The summed E-state index contributed by atoms with van der Waals surface area (Å²) in [6.07, 6.45) is 5.16. The van der Waals surface area contributed by atoms with Crippen molar-refractivity contribution < 1.29 is 14.3 Å². The first-order valence-electron chi connectivity index (χ1n) is 5.37. The van der Waals surface area contributed by atoms with E-state index in [0.717, 1.165) is 4.90 Å². The molecule has 5 nitrogen and oxygen atoms in total. The van der Waals surface area contributed by atoms with Crippen molar-refractivity contribution in [3.8, 4) is 18.1 Å². The van der Waals surface area contributed by atoms with E-state index >= 15 is 0 Å². The van der Waals surface area contributed by atoms with E-state index in [-0.39, 0.29) is 19.0 Å². The summed E-state index contributed by atoms with van der Waals surface area (Å²) in [4.78, 5) is 26.3. The fourth-order valence-corrected chi connectivity index (χ4v) is 1.84. The topological polar surface area (TPSA) is 49.9 Å². The average molecular weight is 244 g/mol. The van der Waals surface area contributed by atoms with Gasteiger partial charge in [-0.15, -0.1) is 6.42 Å². The van der Waals surface area contributed by atoms with Crippen LogP contribution in [-0.2, 0) is 4.79 Å². The second kappa shape index (κ2) is 4.80. The van der Waals surface area contributed by atoms with E-state index < -0.39 is 6.03 Å². The highest BCUT2D eigenvalue weighted by Gasteiger charge is 2.37. The normalized spacial score (nSPS) is 14.9. The lowest BCUT2D eigenvalue weighted by Crippen LogP contribution is -2.33. The smallest absolute Gasteiger partial charge is 0.332 e. The Labute approximate surface area is 105 Å². The summed E-state index contributed by atoms with van der Waals surface area (Å²) >= 11 is 0. The van der Waals surface area contributed by atoms with Crippen LogP contribution in [0, 0.1) is 12.3 Å². The second-order valence-electron chi connectivity index (χ2n) is 3.74. The Morgan fingerprint density at radius 2 is 2.11 bits per heavy atom. The van der Waals surface area contributed by atoms with Crippen molar-refractivity contribution in [2.45, 2.75) is 0 Å². The molecule has 0 bridgehead atoms. The van der Waals surface area contributed by atoms with Gasteiger partial charge in [-0.3, -0.25) is 4.79 Å². The summed E-state index contributed by atoms with van der Waals surface area (Å²) in [6, 6.07) is 6.45.